The molecular weight excluding hydrogens is 160 g/mol. The molecule has 6 heteroatoms. The van der Waals surface area contributed by atoms with Crippen molar-refractivity contribution in [3.63, 3.8) is 0 Å². The molecule has 6 nitrogen and oxygen atoms in total. The summed E-state index contributed by atoms with van der Waals surface area (Å²) in [6, 6.07) is 0.0362. The SMILES string of the molecule is COC(=O)N1CC(N=C(N)N)C1. The highest BCUT2D eigenvalue weighted by atomic mass is 16.5. The lowest BCUT2D eigenvalue weighted by Gasteiger charge is -2.35. The quantitative estimate of drug-likeness (QED) is 0.380. The predicted octanol–water partition coefficient (Wildman–Crippen LogP) is -1.29. The molecule has 0 bridgehead atoms. The van der Waals surface area contributed by atoms with Crippen LogP contribution in [-0.2, 0) is 4.74 Å². The number of aliphatic imine (C=N–C) groups is 1. The van der Waals surface area contributed by atoms with Crippen LogP contribution in [0.15, 0.2) is 4.99 Å². The topological polar surface area (TPSA) is 93.9 Å². The van der Waals surface area contributed by atoms with Gasteiger partial charge in [0.15, 0.2) is 5.96 Å². The molecule has 1 saturated heterocycles. The number of guanidine groups is 1. The Kier molecular flexibility index (Phi) is 2.37. The van der Waals surface area contributed by atoms with Crippen molar-refractivity contribution in [3.8, 4) is 0 Å². The number of hydrogen-bond donors (Lipinski definition) is 2. The van der Waals surface area contributed by atoms with E-state index in [0.717, 1.165) is 0 Å². The standard InChI is InChI=1S/C6H12N4O2/c1-12-6(11)10-2-4(3-10)9-5(7)8/h4H,2-3H2,1H3,(H4,7,8,9). The monoisotopic (exact) mass is 172 g/mol. The molecule has 0 spiro atoms. The Balaban J connectivity index is 2.29. The molecular formula is C6H12N4O2. The number of hydrogen-bond acceptors (Lipinski definition) is 3. The van der Waals surface area contributed by atoms with Gasteiger partial charge in [-0.3, -0.25) is 0 Å². The lowest BCUT2D eigenvalue weighted by molar-refractivity contribution is 0.0897. The summed E-state index contributed by atoms with van der Waals surface area (Å²) in [6.45, 7) is 1.06. The van der Waals surface area contributed by atoms with Crippen molar-refractivity contribution in [1.29, 1.82) is 0 Å². The molecule has 68 valence electrons. The molecule has 0 aromatic heterocycles. The molecule has 4 N–H and O–H groups in total. The summed E-state index contributed by atoms with van der Waals surface area (Å²) in [5.74, 6) is 0.0597. The molecule has 1 heterocycles. The molecule has 0 aromatic rings. The Labute approximate surface area is 70.2 Å². The van der Waals surface area contributed by atoms with E-state index in [1.807, 2.05) is 0 Å². The molecule has 0 radical (unpaired) electrons. The van der Waals surface area contributed by atoms with Crippen LogP contribution in [-0.4, -0.2) is 43.2 Å². The van der Waals surface area contributed by atoms with Gasteiger partial charge < -0.3 is 21.1 Å². The maximum absolute atomic E-state index is 10.8. The van der Waals surface area contributed by atoms with E-state index in [1.54, 1.807) is 0 Å². The average molecular weight is 172 g/mol. The van der Waals surface area contributed by atoms with Crippen molar-refractivity contribution in [2.75, 3.05) is 20.2 Å². The summed E-state index contributed by atoms with van der Waals surface area (Å²) in [6.07, 6.45) is -0.336. The number of likely N-dealkylation sites (tertiary alicyclic amines) is 1. The molecule has 1 aliphatic heterocycles. The molecule has 1 rings (SSSR count). The number of methoxy groups -OCH3 is 1. The van der Waals surface area contributed by atoms with Crippen molar-refractivity contribution in [2.24, 2.45) is 16.5 Å². The number of carbonyl (C=O) groups excluding carboxylic acids is 1. The highest BCUT2D eigenvalue weighted by Crippen LogP contribution is 2.11. The van der Waals surface area contributed by atoms with E-state index >= 15 is 0 Å². The maximum atomic E-state index is 10.8. The Morgan fingerprint density at radius 1 is 1.58 bits per heavy atom. The van der Waals surface area contributed by atoms with Gasteiger partial charge in [0.2, 0.25) is 0 Å². The molecule has 1 amide bonds. The number of ether oxygens (including phenoxy) is 1. The fraction of sp³-hybridized carbons (Fsp3) is 0.667. The highest BCUT2D eigenvalue weighted by molar-refractivity contribution is 5.76. The molecule has 1 aliphatic rings. The van der Waals surface area contributed by atoms with E-state index in [-0.39, 0.29) is 18.1 Å². The first-order valence-electron chi connectivity index (χ1n) is 3.55. The number of nitrogens with zero attached hydrogens (tertiary/aromatic N) is 2. The molecule has 0 aliphatic carbocycles. The Hall–Kier alpha value is -1.46. The van der Waals surface area contributed by atoms with Crippen LogP contribution in [0.25, 0.3) is 0 Å². The summed E-state index contributed by atoms with van der Waals surface area (Å²) in [5.41, 5.74) is 10.3. The van der Waals surface area contributed by atoms with E-state index in [2.05, 4.69) is 9.73 Å². The summed E-state index contributed by atoms with van der Waals surface area (Å²) in [5, 5.41) is 0. The van der Waals surface area contributed by atoms with Gasteiger partial charge in [-0.25, -0.2) is 9.79 Å². The summed E-state index contributed by atoms with van der Waals surface area (Å²) in [7, 11) is 1.34. The highest BCUT2D eigenvalue weighted by Gasteiger charge is 2.30. The molecule has 0 atom stereocenters. The first-order chi connectivity index (χ1) is 5.63. The molecule has 12 heavy (non-hydrogen) atoms. The van der Waals surface area contributed by atoms with Crippen molar-refractivity contribution in [2.45, 2.75) is 6.04 Å². The zero-order valence-electron chi connectivity index (χ0n) is 6.86. The van der Waals surface area contributed by atoms with Gasteiger partial charge in [0, 0.05) is 13.1 Å². The third-order valence-electron chi connectivity index (χ3n) is 1.63. The molecule has 0 unspecified atom stereocenters. The third kappa shape index (κ3) is 1.77. The van der Waals surface area contributed by atoms with Crippen LogP contribution in [0.1, 0.15) is 0 Å². The van der Waals surface area contributed by atoms with Gasteiger partial charge in [-0.05, 0) is 0 Å². The van der Waals surface area contributed by atoms with Crippen LogP contribution in [0.5, 0.6) is 0 Å². The van der Waals surface area contributed by atoms with Crippen molar-refractivity contribution in [1.82, 2.24) is 4.90 Å². The maximum Gasteiger partial charge on any atom is 0.409 e. The second-order valence-electron chi connectivity index (χ2n) is 2.58. The second-order valence-corrected chi connectivity index (χ2v) is 2.58. The average Bonchev–Trinajstić information content (AvgIpc) is 1.94. The van der Waals surface area contributed by atoms with E-state index in [9.17, 15) is 4.79 Å². The lowest BCUT2D eigenvalue weighted by atomic mass is 10.1. The summed E-state index contributed by atoms with van der Waals surface area (Å²) < 4.78 is 4.48. The van der Waals surface area contributed by atoms with Gasteiger partial charge in [-0.1, -0.05) is 0 Å². The normalized spacial score (nSPS) is 16.6. The van der Waals surface area contributed by atoms with Crippen molar-refractivity contribution >= 4 is 12.1 Å². The van der Waals surface area contributed by atoms with Gasteiger partial charge in [0.25, 0.3) is 0 Å². The molecule has 0 saturated carbocycles. The Bertz CT molecular complexity index is 206. The van der Waals surface area contributed by atoms with Gasteiger partial charge in [-0.15, -0.1) is 0 Å². The van der Waals surface area contributed by atoms with Crippen molar-refractivity contribution < 1.29 is 9.53 Å². The van der Waals surface area contributed by atoms with Crippen LogP contribution in [0, 0.1) is 0 Å². The summed E-state index contributed by atoms with van der Waals surface area (Å²) >= 11 is 0. The number of carbonyl (C=O) groups is 1. The van der Waals surface area contributed by atoms with E-state index in [1.165, 1.54) is 12.0 Å². The number of rotatable bonds is 1. The molecule has 1 fully saturated rings. The number of amides is 1. The lowest BCUT2D eigenvalue weighted by Crippen LogP contribution is -2.53. The minimum Gasteiger partial charge on any atom is -0.453 e. The van der Waals surface area contributed by atoms with Crippen LogP contribution in [0.3, 0.4) is 0 Å². The second kappa shape index (κ2) is 3.29. The van der Waals surface area contributed by atoms with E-state index in [0.29, 0.717) is 13.1 Å². The first-order valence-corrected chi connectivity index (χ1v) is 3.55. The number of nitrogens with two attached hydrogens (primary N) is 2. The van der Waals surface area contributed by atoms with Crippen LogP contribution >= 0.6 is 0 Å². The van der Waals surface area contributed by atoms with Crippen LogP contribution < -0.4 is 11.5 Å². The zero-order chi connectivity index (χ0) is 9.14. The van der Waals surface area contributed by atoms with E-state index < -0.39 is 0 Å². The largest absolute Gasteiger partial charge is 0.453 e. The minimum atomic E-state index is -0.336. The smallest absolute Gasteiger partial charge is 0.409 e. The van der Waals surface area contributed by atoms with Gasteiger partial charge >= 0.3 is 6.09 Å². The minimum absolute atomic E-state index is 0.0362. The van der Waals surface area contributed by atoms with Gasteiger partial charge in [0.05, 0.1) is 13.2 Å². The van der Waals surface area contributed by atoms with Crippen molar-refractivity contribution in [3.05, 3.63) is 0 Å². The fourth-order valence-electron chi connectivity index (χ4n) is 1.03. The van der Waals surface area contributed by atoms with Crippen LogP contribution in [0.4, 0.5) is 4.79 Å². The molecule has 0 aromatic carbocycles. The van der Waals surface area contributed by atoms with Crippen LogP contribution in [0.2, 0.25) is 0 Å². The third-order valence-corrected chi connectivity index (χ3v) is 1.63. The first kappa shape index (κ1) is 8.63. The van der Waals surface area contributed by atoms with Gasteiger partial charge in [0.1, 0.15) is 0 Å². The van der Waals surface area contributed by atoms with Gasteiger partial charge in [-0.2, -0.15) is 0 Å². The predicted molar refractivity (Wildman–Crippen MR) is 43.6 cm³/mol. The fourth-order valence-corrected chi connectivity index (χ4v) is 1.03. The Morgan fingerprint density at radius 3 is 2.58 bits per heavy atom. The zero-order valence-corrected chi connectivity index (χ0v) is 6.86. The summed E-state index contributed by atoms with van der Waals surface area (Å²) in [4.78, 5) is 16.2. The Morgan fingerprint density at radius 2 is 2.17 bits per heavy atom. The van der Waals surface area contributed by atoms with E-state index in [4.69, 9.17) is 11.5 Å².